The maximum absolute atomic E-state index is 5.61. The minimum atomic E-state index is 0.292. The van der Waals surface area contributed by atoms with Gasteiger partial charge in [-0.05, 0) is 5.92 Å². The third-order valence-corrected chi connectivity index (χ3v) is 1.79. The number of nitrogens with two attached hydrogens (primary N) is 1. The van der Waals surface area contributed by atoms with Gasteiger partial charge in [0.25, 0.3) is 0 Å². The molecule has 0 aromatic heterocycles. The molecule has 74 valence electrons. The van der Waals surface area contributed by atoms with E-state index in [9.17, 15) is 0 Å². The lowest BCUT2D eigenvalue weighted by molar-refractivity contribution is 0.115. The van der Waals surface area contributed by atoms with Crippen LogP contribution in [0.3, 0.4) is 0 Å². The molecule has 4 nitrogen and oxygen atoms in total. The first-order valence-electron chi connectivity index (χ1n) is 4.24. The number of nitrogens with one attached hydrogen (secondary N) is 1. The number of rotatable bonds is 6. The Kier molecular flexibility index (Phi) is 6.28. The van der Waals surface area contributed by atoms with E-state index in [0.29, 0.717) is 18.5 Å². The largest absolute Gasteiger partial charge is 0.384 e. The van der Waals surface area contributed by atoms with E-state index in [4.69, 9.17) is 10.5 Å². The lowest BCUT2D eigenvalue weighted by atomic mass is 10.0. The molecule has 0 fully saturated rings. The number of methoxy groups -OCH3 is 1. The van der Waals surface area contributed by atoms with E-state index in [1.807, 2.05) is 19.1 Å². The van der Waals surface area contributed by atoms with Crippen molar-refractivity contribution in [2.24, 2.45) is 11.7 Å². The second-order valence-electron chi connectivity index (χ2n) is 3.30. The first-order chi connectivity index (χ1) is 5.61. The van der Waals surface area contributed by atoms with Crippen molar-refractivity contribution in [3.05, 3.63) is 0 Å². The molecular formula is C8H21N3O. The van der Waals surface area contributed by atoms with Crippen molar-refractivity contribution >= 4 is 0 Å². The van der Waals surface area contributed by atoms with E-state index in [1.165, 1.54) is 0 Å². The zero-order chi connectivity index (χ0) is 9.56. The van der Waals surface area contributed by atoms with E-state index in [1.54, 1.807) is 7.11 Å². The molecule has 4 heteroatoms. The number of hydrazine groups is 1. The molecule has 0 aliphatic carbocycles. The van der Waals surface area contributed by atoms with Gasteiger partial charge < -0.3 is 10.5 Å². The summed E-state index contributed by atoms with van der Waals surface area (Å²) in [4.78, 5) is 0. The van der Waals surface area contributed by atoms with Gasteiger partial charge in [-0.3, -0.25) is 10.4 Å². The predicted octanol–water partition coefficient (Wildman–Crippen LogP) is -0.338. The van der Waals surface area contributed by atoms with Gasteiger partial charge >= 0.3 is 0 Å². The highest BCUT2D eigenvalue weighted by atomic mass is 16.5. The van der Waals surface area contributed by atoms with E-state index in [0.717, 1.165) is 6.61 Å². The summed E-state index contributed by atoms with van der Waals surface area (Å²) in [6.07, 6.45) is 0. The molecule has 0 aliphatic heterocycles. The number of hydrogen-bond donors (Lipinski definition) is 2. The summed E-state index contributed by atoms with van der Waals surface area (Å²) in [6.45, 7) is 3.49. The van der Waals surface area contributed by atoms with Crippen LogP contribution in [0.25, 0.3) is 0 Å². The van der Waals surface area contributed by atoms with Gasteiger partial charge in [0.15, 0.2) is 0 Å². The summed E-state index contributed by atoms with van der Waals surface area (Å²) in [6, 6.07) is 0.292. The fraction of sp³-hybridized carbons (Fsp3) is 1.00. The van der Waals surface area contributed by atoms with Gasteiger partial charge in [-0.15, -0.1) is 0 Å². The summed E-state index contributed by atoms with van der Waals surface area (Å²) in [5, 5.41) is 1.92. The average Bonchev–Trinajstić information content (AvgIpc) is 2.00. The lowest BCUT2D eigenvalue weighted by Gasteiger charge is -2.26. The van der Waals surface area contributed by atoms with Crippen LogP contribution in [0.1, 0.15) is 6.92 Å². The third-order valence-electron chi connectivity index (χ3n) is 1.79. The number of nitrogens with zero attached hydrogens (tertiary/aromatic N) is 1. The zero-order valence-corrected chi connectivity index (χ0v) is 8.50. The van der Waals surface area contributed by atoms with Gasteiger partial charge in [0.2, 0.25) is 0 Å². The molecule has 0 rings (SSSR count). The van der Waals surface area contributed by atoms with Crippen molar-refractivity contribution < 1.29 is 4.74 Å². The highest BCUT2D eigenvalue weighted by Crippen LogP contribution is 2.01. The van der Waals surface area contributed by atoms with Crippen LogP contribution in [0.4, 0.5) is 0 Å². The molecule has 2 unspecified atom stereocenters. The predicted molar refractivity (Wildman–Crippen MR) is 50.7 cm³/mol. The van der Waals surface area contributed by atoms with Crippen LogP contribution in [-0.4, -0.2) is 45.4 Å². The monoisotopic (exact) mass is 175 g/mol. The maximum Gasteiger partial charge on any atom is 0.0503 e. The summed E-state index contributed by atoms with van der Waals surface area (Å²) < 4.78 is 5.05. The van der Waals surface area contributed by atoms with E-state index < -0.39 is 0 Å². The second-order valence-corrected chi connectivity index (χ2v) is 3.30. The highest BCUT2D eigenvalue weighted by Gasteiger charge is 2.15. The van der Waals surface area contributed by atoms with Gasteiger partial charge in [0, 0.05) is 33.8 Å². The molecule has 0 saturated heterocycles. The molecule has 0 aromatic rings. The molecule has 0 bridgehead atoms. The van der Waals surface area contributed by atoms with Crippen LogP contribution in [0.5, 0.6) is 0 Å². The fourth-order valence-electron chi connectivity index (χ4n) is 1.12. The van der Waals surface area contributed by atoms with Crippen molar-refractivity contribution in [1.29, 1.82) is 0 Å². The SMILES string of the molecule is COCC(C)C(CN)NN(C)C. The van der Waals surface area contributed by atoms with Crippen LogP contribution in [-0.2, 0) is 4.74 Å². The zero-order valence-electron chi connectivity index (χ0n) is 8.50. The van der Waals surface area contributed by atoms with Gasteiger partial charge in [0.1, 0.15) is 0 Å². The fourth-order valence-corrected chi connectivity index (χ4v) is 1.12. The number of hydrogen-bond acceptors (Lipinski definition) is 4. The summed E-state index contributed by atoms with van der Waals surface area (Å²) in [5.74, 6) is 0.433. The average molecular weight is 175 g/mol. The van der Waals surface area contributed by atoms with Crippen LogP contribution >= 0.6 is 0 Å². The minimum absolute atomic E-state index is 0.292. The van der Waals surface area contributed by atoms with Gasteiger partial charge in [-0.2, -0.15) is 0 Å². The smallest absolute Gasteiger partial charge is 0.0503 e. The molecule has 0 heterocycles. The summed E-state index contributed by atoms with van der Waals surface area (Å²) in [7, 11) is 5.63. The Labute approximate surface area is 75.0 Å². The first-order valence-corrected chi connectivity index (χ1v) is 4.24. The van der Waals surface area contributed by atoms with Crippen LogP contribution < -0.4 is 11.2 Å². The summed E-state index contributed by atoms with van der Waals surface area (Å²) in [5.41, 5.74) is 8.85. The van der Waals surface area contributed by atoms with Crippen LogP contribution in [0.2, 0.25) is 0 Å². The molecule has 2 atom stereocenters. The molecule has 12 heavy (non-hydrogen) atoms. The molecule has 0 spiro atoms. The Bertz CT molecular complexity index is 108. The molecule has 0 aromatic carbocycles. The molecular weight excluding hydrogens is 154 g/mol. The van der Waals surface area contributed by atoms with Gasteiger partial charge in [0.05, 0.1) is 6.61 Å². The quantitative estimate of drug-likeness (QED) is 0.542. The van der Waals surface area contributed by atoms with Crippen molar-refractivity contribution in [3.8, 4) is 0 Å². The lowest BCUT2D eigenvalue weighted by Crippen LogP contribution is -2.48. The molecule has 3 N–H and O–H groups in total. The summed E-state index contributed by atoms with van der Waals surface area (Å²) >= 11 is 0. The van der Waals surface area contributed by atoms with Crippen LogP contribution in [0.15, 0.2) is 0 Å². The van der Waals surface area contributed by atoms with Crippen molar-refractivity contribution in [2.75, 3.05) is 34.4 Å². The first kappa shape index (κ1) is 11.8. The molecule has 0 radical (unpaired) electrons. The van der Waals surface area contributed by atoms with Crippen molar-refractivity contribution in [3.63, 3.8) is 0 Å². The number of ether oxygens (including phenoxy) is 1. The highest BCUT2D eigenvalue weighted by molar-refractivity contribution is 4.71. The maximum atomic E-state index is 5.61. The van der Waals surface area contributed by atoms with Gasteiger partial charge in [-0.1, -0.05) is 6.92 Å². The van der Waals surface area contributed by atoms with E-state index in [-0.39, 0.29) is 0 Å². The normalized spacial score (nSPS) is 16.5. The van der Waals surface area contributed by atoms with Crippen molar-refractivity contribution in [1.82, 2.24) is 10.4 Å². The second kappa shape index (κ2) is 6.37. The van der Waals surface area contributed by atoms with Gasteiger partial charge in [-0.25, -0.2) is 0 Å². The Balaban J connectivity index is 3.78. The Hall–Kier alpha value is -0.160. The van der Waals surface area contributed by atoms with E-state index in [2.05, 4.69) is 12.3 Å². The van der Waals surface area contributed by atoms with Crippen LogP contribution in [0, 0.1) is 5.92 Å². The minimum Gasteiger partial charge on any atom is -0.384 e. The Morgan fingerprint density at radius 3 is 2.42 bits per heavy atom. The Morgan fingerprint density at radius 1 is 1.50 bits per heavy atom. The Morgan fingerprint density at radius 2 is 2.08 bits per heavy atom. The topological polar surface area (TPSA) is 50.5 Å². The third kappa shape index (κ3) is 4.66. The van der Waals surface area contributed by atoms with Crippen molar-refractivity contribution in [2.45, 2.75) is 13.0 Å². The van der Waals surface area contributed by atoms with E-state index >= 15 is 0 Å². The molecule has 0 aliphatic rings. The molecule has 0 saturated carbocycles. The molecule has 0 amide bonds. The standard InChI is InChI=1S/C8H21N3O/c1-7(6-12-4)8(5-9)10-11(2)3/h7-8,10H,5-6,9H2,1-4H3.